The predicted molar refractivity (Wildman–Crippen MR) is 59.4 cm³/mol. The van der Waals surface area contributed by atoms with Gasteiger partial charge in [-0.15, -0.1) is 0 Å². The highest BCUT2D eigenvalue weighted by atomic mass is 19.2. The predicted octanol–water partition coefficient (Wildman–Crippen LogP) is 2.20. The third kappa shape index (κ3) is 2.32. The second-order valence-corrected chi connectivity index (χ2v) is 3.50. The van der Waals surface area contributed by atoms with Crippen LogP contribution in [0.1, 0.15) is 0 Å². The molecule has 0 atom stereocenters. The summed E-state index contributed by atoms with van der Waals surface area (Å²) in [6.45, 7) is 0. The Morgan fingerprint density at radius 3 is 1.85 bits per heavy atom. The van der Waals surface area contributed by atoms with E-state index in [1.165, 1.54) is 0 Å². The maximum absolute atomic E-state index is 13.4. The molecule has 0 fully saturated rings. The maximum atomic E-state index is 13.4. The van der Waals surface area contributed by atoms with E-state index in [4.69, 9.17) is 5.84 Å². The Kier molecular flexibility index (Phi) is 3.66. The number of halogens is 5. The molecular weight excluding hydrogens is 285 g/mol. The third-order valence-electron chi connectivity index (χ3n) is 2.28. The first kappa shape index (κ1) is 13.9. The monoisotopic (exact) mass is 291 g/mol. The fourth-order valence-corrected chi connectivity index (χ4v) is 1.35. The average Bonchev–Trinajstić information content (AvgIpc) is 2.48. The first-order valence-electron chi connectivity index (χ1n) is 5.02. The number of nitrogens with zero attached hydrogens (tertiary/aromatic N) is 2. The second-order valence-electron chi connectivity index (χ2n) is 3.50. The molecule has 1 heterocycles. The molecule has 0 saturated carbocycles. The first-order chi connectivity index (χ1) is 9.45. The number of rotatable bonds is 3. The van der Waals surface area contributed by atoms with Crippen molar-refractivity contribution < 1.29 is 22.0 Å². The number of nitrogen functional groups attached to an aromatic ring is 1. The Bertz CT molecular complexity index is 634. The standard InChI is InChI=1S/C10H6F5N5/c11-5-6(12)8(14)10(9(15)7(5)13)19-3-1-4(20-16)18-2-17-3/h1-2H,16H2,(H2,17,18,19,20). The van der Waals surface area contributed by atoms with Crippen molar-refractivity contribution in [3.05, 3.63) is 41.5 Å². The lowest BCUT2D eigenvalue weighted by atomic mass is 10.2. The Morgan fingerprint density at radius 2 is 1.30 bits per heavy atom. The lowest BCUT2D eigenvalue weighted by Gasteiger charge is -2.10. The number of hydrazine groups is 1. The minimum Gasteiger partial charge on any atom is -0.335 e. The number of nitrogens with two attached hydrogens (primary N) is 1. The van der Waals surface area contributed by atoms with Crippen LogP contribution in [0.2, 0.25) is 0 Å². The van der Waals surface area contributed by atoms with Gasteiger partial charge in [-0.3, -0.25) is 0 Å². The number of anilines is 3. The molecule has 106 valence electrons. The molecule has 0 bridgehead atoms. The summed E-state index contributed by atoms with van der Waals surface area (Å²) in [5.74, 6) is -5.43. The van der Waals surface area contributed by atoms with E-state index in [1.807, 2.05) is 5.32 Å². The van der Waals surface area contributed by atoms with Crippen LogP contribution in [0, 0.1) is 29.1 Å². The van der Waals surface area contributed by atoms with Crippen LogP contribution in [-0.4, -0.2) is 9.97 Å². The summed E-state index contributed by atoms with van der Waals surface area (Å²) in [4.78, 5) is 7.17. The molecular formula is C10H6F5N5. The van der Waals surface area contributed by atoms with Gasteiger partial charge in [0.15, 0.2) is 23.3 Å². The Labute approximate surface area is 108 Å². The molecule has 10 heteroatoms. The normalized spacial score (nSPS) is 10.5. The largest absolute Gasteiger partial charge is 0.335 e. The molecule has 4 N–H and O–H groups in total. The summed E-state index contributed by atoms with van der Waals surface area (Å²) in [6.07, 6.45) is 0.976. The maximum Gasteiger partial charge on any atom is 0.200 e. The minimum absolute atomic E-state index is 0.0753. The summed E-state index contributed by atoms with van der Waals surface area (Å²) in [5.41, 5.74) is 0.908. The van der Waals surface area contributed by atoms with Crippen molar-refractivity contribution in [2.75, 3.05) is 10.7 Å². The summed E-state index contributed by atoms with van der Waals surface area (Å²) < 4.78 is 65.6. The van der Waals surface area contributed by atoms with E-state index in [0.29, 0.717) is 0 Å². The van der Waals surface area contributed by atoms with Gasteiger partial charge in [-0.1, -0.05) is 0 Å². The van der Waals surface area contributed by atoms with Crippen LogP contribution >= 0.6 is 0 Å². The highest BCUT2D eigenvalue weighted by Crippen LogP contribution is 2.29. The van der Waals surface area contributed by atoms with E-state index in [1.54, 1.807) is 0 Å². The van der Waals surface area contributed by atoms with Gasteiger partial charge in [0.25, 0.3) is 0 Å². The Hall–Kier alpha value is -2.49. The van der Waals surface area contributed by atoms with Gasteiger partial charge in [0.2, 0.25) is 5.82 Å². The SMILES string of the molecule is NNc1cc(Nc2c(F)c(F)c(F)c(F)c2F)ncn1. The Morgan fingerprint density at radius 1 is 0.800 bits per heavy atom. The molecule has 0 unspecified atom stereocenters. The van der Waals surface area contributed by atoms with E-state index in [9.17, 15) is 22.0 Å². The average molecular weight is 291 g/mol. The molecule has 0 aliphatic rings. The number of nitrogens with one attached hydrogen (secondary N) is 2. The summed E-state index contributed by atoms with van der Waals surface area (Å²) in [7, 11) is 0. The van der Waals surface area contributed by atoms with Gasteiger partial charge in [-0.05, 0) is 0 Å². The molecule has 2 rings (SSSR count). The first-order valence-corrected chi connectivity index (χ1v) is 5.02. The zero-order chi connectivity index (χ0) is 14.9. The van der Waals surface area contributed by atoms with E-state index in [-0.39, 0.29) is 11.6 Å². The van der Waals surface area contributed by atoms with Crippen LogP contribution in [0.15, 0.2) is 12.4 Å². The van der Waals surface area contributed by atoms with Gasteiger partial charge >= 0.3 is 0 Å². The van der Waals surface area contributed by atoms with Crippen molar-refractivity contribution in [3.8, 4) is 0 Å². The minimum atomic E-state index is -2.24. The quantitative estimate of drug-likeness (QED) is 0.266. The fourth-order valence-electron chi connectivity index (χ4n) is 1.35. The van der Waals surface area contributed by atoms with Crippen LogP contribution in [0.5, 0.6) is 0 Å². The van der Waals surface area contributed by atoms with Crippen LogP contribution < -0.4 is 16.6 Å². The highest BCUT2D eigenvalue weighted by molar-refractivity contribution is 5.60. The third-order valence-corrected chi connectivity index (χ3v) is 2.28. The van der Waals surface area contributed by atoms with Crippen molar-refractivity contribution in [3.63, 3.8) is 0 Å². The molecule has 0 radical (unpaired) electrons. The number of hydrogen-bond donors (Lipinski definition) is 3. The van der Waals surface area contributed by atoms with E-state index in [2.05, 4.69) is 15.4 Å². The number of aromatic nitrogens is 2. The second kappa shape index (κ2) is 5.25. The van der Waals surface area contributed by atoms with Gasteiger partial charge in [0.05, 0.1) is 0 Å². The van der Waals surface area contributed by atoms with Gasteiger partial charge in [0.1, 0.15) is 23.7 Å². The molecule has 0 saturated heterocycles. The van der Waals surface area contributed by atoms with Gasteiger partial charge in [0, 0.05) is 6.07 Å². The fraction of sp³-hybridized carbons (Fsp3) is 0. The van der Waals surface area contributed by atoms with Gasteiger partial charge < -0.3 is 10.7 Å². The topological polar surface area (TPSA) is 75.9 Å². The van der Waals surface area contributed by atoms with E-state index < -0.39 is 34.8 Å². The van der Waals surface area contributed by atoms with Crippen molar-refractivity contribution in [1.82, 2.24) is 9.97 Å². The molecule has 0 spiro atoms. The van der Waals surface area contributed by atoms with Crippen LogP contribution in [0.4, 0.5) is 39.3 Å². The molecule has 2 aromatic rings. The van der Waals surface area contributed by atoms with Crippen molar-refractivity contribution in [2.45, 2.75) is 0 Å². The molecule has 1 aromatic carbocycles. The molecule has 5 nitrogen and oxygen atoms in total. The number of benzene rings is 1. The molecule has 0 aliphatic carbocycles. The summed E-state index contributed by atoms with van der Waals surface area (Å²) in [6, 6.07) is 1.11. The van der Waals surface area contributed by atoms with Crippen LogP contribution in [0.3, 0.4) is 0 Å². The van der Waals surface area contributed by atoms with Gasteiger partial charge in [-0.25, -0.2) is 37.8 Å². The Balaban J connectivity index is 2.48. The van der Waals surface area contributed by atoms with Crippen molar-refractivity contribution >= 4 is 17.3 Å². The van der Waals surface area contributed by atoms with E-state index in [0.717, 1.165) is 12.4 Å². The van der Waals surface area contributed by atoms with Crippen LogP contribution in [-0.2, 0) is 0 Å². The zero-order valence-corrected chi connectivity index (χ0v) is 9.52. The summed E-state index contributed by atoms with van der Waals surface area (Å²) >= 11 is 0. The molecule has 1 aromatic heterocycles. The summed E-state index contributed by atoms with van der Waals surface area (Å²) in [5, 5.41) is 1.98. The number of hydrogen-bond acceptors (Lipinski definition) is 5. The van der Waals surface area contributed by atoms with Crippen LogP contribution in [0.25, 0.3) is 0 Å². The molecule has 0 aliphatic heterocycles. The van der Waals surface area contributed by atoms with Gasteiger partial charge in [-0.2, -0.15) is 0 Å². The van der Waals surface area contributed by atoms with E-state index >= 15 is 0 Å². The van der Waals surface area contributed by atoms with Crippen molar-refractivity contribution in [2.24, 2.45) is 5.84 Å². The lowest BCUT2D eigenvalue weighted by molar-refractivity contribution is 0.382. The highest BCUT2D eigenvalue weighted by Gasteiger charge is 2.26. The smallest absolute Gasteiger partial charge is 0.200 e. The van der Waals surface area contributed by atoms with Crippen molar-refractivity contribution in [1.29, 1.82) is 0 Å². The molecule has 0 amide bonds. The molecule has 20 heavy (non-hydrogen) atoms. The lowest BCUT2D eigenvalue weighted by Crippen LogP contribution is -2.10. The zero-order valence-electron chi connectivity index (χ0n) is 9.52.